The smallest absolute Gasteiger partial charge is 0.291 e. The molecule has 0 fully saturated rings. The number of nitrogens with two attached hydrogens (primary N) is 1. The first-order valence-electron chi connectivity index (χ1n) is 5.16. The van der Waals surface area contributed by atoms with Crippen molar-refractivity contribution >= 4 is 37.9 Å². The average molecular weight is 315 g/mol. The molecule has 3 N–H and O–H groups in total. The molecule has 0 bridgehead atoms. The van der Waals surface area contributed by atoms with Crippen molar-refractivity contribution in [2.45, 2.75) is 11.8 Å². The quantitative estimate of drug-likeness (QED) is 0.489. The summed E-state index contributed by atoms with van der Waals surface area (Å²) in [7, 11) is -4.13. The van der Waals surface area contributed by atoms with Gasteiger partial charge in [-0.15, -0.1) is 10.2 Å². The van der Waals surface area contributed by atoms with Crippen molar-refractivity contribution in [1.29, 1.82) is 0 Å². The minimum absolute atomic E-state index is 0.0358. The van der Waals surface area contributed by atoms with Crippen molar-refractivity contribution in [3.8, 4) is 0 Å². The maximum absolute atomic E-state index is 12.1. The third-order valence-electron chi connectivity index (χ3n) is 2.22. The molecule has 0 saturated carbocycles. The van der Waals surface area contributed by atoms with E-state index in [1.165, 1.54) is 6.07 Å². The van der Waals surface area contributed by atoms with E-state index in [1.54, 1.807) is 6.92 Å². The van der Waals surface area contributed by atoms with Crippen molar-refractivity contribution in [3.63, 3.8) is 0 Å². The highest BCUT2D eigenvalue weighted by atomic mass is 32.2. The normalized spacial score (nSPS) is 11.2. The van der Waals surface area contributed by atoms with Gasteiger partial charge in [-0.1, -0.05) is 11.3 Å². The maximum atomic E-state index is 12.1. The van der Waals surface area contributed by atoms with E-state index < -0.39 is 25.5 Å². The molecule has 106 valence electrons. The molecule has 1 aromatic carbocycles. The number of nitro groups is 1. The highest BCUT2D eigenvalue weighted by Gasteiger charge is 2.27. The highest BCUT2D eigenvalue weighted by molar-refractivity contribution is 7.93. The Hall–Kier alpha value is -2.27. The van der Waals surface area contributed by atoms with Gasteiger partial charge in [-0.25, -0.2) is 8.42 Å². The molecule has 9 nitrogen and oxygen atoms in total. The van der Waals surface area contributed by atoms with Crippen LogP contribution >= 0.6 is 11.3 Å². The molecular formula is C9H9N5O4S2. The fourth-order valence-electron chi connectivity index (χ4n) is 1.41. The van der Waals surface area contributed by atoms with Gasteiger partial charge in [0.2, 0.25) is 5.13 Å². The molecular weight excluding hydrogens is 306 g/mol. The van der Waals surface area contributed by atoms with Gasteiger partial charge in [0.15, 0.2) is 4.90 Å². The first-order valence-corrected chi connectivity index (χ1v) is 7.46. The third kappa shape index (κ3) is 2.83. The van der Waals surface area contributed by atoms with Gasteiger partial charge in [-0.05, 0) is 19.1 Å². The fourth-order valence-corrected chi connectivity index (χ4v) is 3.39. The summed E-state index contributed by atoms with van der Waals surface area (Å²) in [5, 5.41) is 18.8. The molecule has 0 spiro atoms. The second-order valence-corrected chi connectivity index (χ2v) is 6.55. The monoisotopic (exact) mass is 315 g/mol. The Balaban J connectivity index is 2.46. The number of nitrogen functional groups attached to an aromatic ring is 1. The van der Waals surface area contributed by atoms with E-state index >= 15 is 0 Å². The van der Waals surface area contributed by atoms with E-state index in [1.807, 2.05) is 0 Å². The number of benzene rings is 1. The number of aryl methyl sites for hydroxylation is 1. The van der Waals surface area contributed by atoms with Crippen molar-refractivity contribution in [2.24, 2.45) is 0 Å². The van der Waals surface area contributed by atoms with Gasteiger partial charge in [0.05, 0.1) is 4.92 Å². The van der Waals surface area contributed by atoms with E-state index in [0.29, 0.717) is 5.01 Å². The van der Waals surface area contributed by atoms with Gasteiger partial charge in [0.1, 0.15) is 5.01 Å². The summed E-state index contributed by atoms with van der Waals surface area (Å²) in [5.41, 5.74) is 4.93. The van der Waals surface area contributed by atoms with Crippen LogP contribution in [-0.2, 0) is 10.0 Å². The number of nitro benzene ring substituents is 1. The molecule has 0 aliphatic heterocycles. The van der Waals surface area contributed by atoms with Gasteiger partial charge in [-0.3, -0.25) is 14.8 Å². The Morgan fingerprint density at radius 1 is 1.40 bits per heavy atom. The summed E-state index contributed by atoms with van der Waals surface area (Å²) in [6, 6.07) is 3.33. The predicted molar refractivity (Wildman–Crippen MR) is 73.0 cm³/mol. The Morgan fingerprint density at radius 3 is 2.65 bits per heavy atom. The number of nitrogens with zero attached hydrogens (tertiary/aromatic N) is 3. The van der Waals surface area contributed by atoms with Crippen LogP contribution in [0.2, 0.25) is 0 Å². The summed E-state index contributed by atoms with van der Waals surface area (Å²) in [6.07, 6.45) is 0. The van der Waals surface area contributed by atoms with Crippen LogP contribution in [0.3, 0.4) is 0 Å². The van der Waals surface area contributed by atoms with E-state index in [-0.39, 0.29) is 10.8 Å². The maximum Gasteiger partial charge on any atom is 0.291 e. The Labute approximate surface area is 117 Å². The van der Waals surface area contributed by atoms with Crippen molar-refractivity contribution in [1.82, 2.24) is 10.2 Å². The SMILES string of the molecule is Cc1nnc(NS(=O)(=O)c2ccc(N)cc2[N+](=O)[O-])s1. The molecule has 0 atom stereocenters. The standard InChI is InChI=1S/C9H9N5O4S2/c1-5-11-12-9(19-5)13-20(17,18)8-3-2-6(10)4-7(8)14(15)16/h2-4H,10H2,1H3,(H,12,13). The van der Waals surface area contributed by atoms with E-state index in [2.05, 4.69) is 14.9 Å². The van der Waals surface area contributed by atoms with Crippen LogP contribution in [0.1, 0.15) is 5.01 Å². The van der Waals surface area contributed by atoms with E-state index in [4.69, 9.17) is 5.73 Å². The van der Waals surface area contributed by atoms with Crippen molar-refractivity contribution in [3.05, 3.63) is 33.3 Å². The van der Waals surface area contributed by atoms with Crippen LogP contribution in [0.15, 0.2) is 23.1 Å². The first kappa shape index (κ1) is 14.1. The second kappa shape index (κ2) is 5.02. The number of anilines is 2. The van der Waals surface area contributed by atoms with Gasteiger partial charge < -0.3 is 5.73 Å². The molecule has 1 aromatic heterocycles. The zero-order valence-corrected chi connectivity index (χ0v) is 11.7. The Morgan fingerprint density at radius 2 is 2.10 bits per heavy atom. The van der Waals surface area contributed by atoms with Crippen LogP contribution < -0.4 is 10.5 Å². The summed E-state index contributed by atoms with van der Waals surface area (Å²) >= 11 is 1.02. The molecule has 0 aliphatic rings. The van der Waals surface area contributed by atoms with Crippen LogP contribution in [-0.4, -0.2) is 23.5 Å². The molecule has 20 heavy (non-hydrogen) atoms. The molecule has 0 unspecified atom stereocenters. The lowest BCUT2D eigenvalue weighted by molar-refractivity contribution is -0.387. The number of hydrogen-bond donors (Lipinski definition) is 2. The number of hydrogen-bond acceptors (Lipinski definition) is 8. The fraction of sp³-hybridized carbons (Fsp3) is 0.111. The van der Waals surface area contributed by atoms with Crippen LogP contribution in [0.5, 0.6) is 0 Å². The molecule has 0 amide bonds. The van der Waals surface area contributed by atoms with Crippen LogP contribution in [0.25, 0.3) is 0 Å². The van der Waals surface area contributed by atoms with Crippen molar-refractivity contribution < 1.29 is 13.3 Å². The third-order valence-corrected chi connectivity index (χ3v) is 4.49. The lowest BCUT2D eigenvalue weighted by Crippen LogP contribution is -2.14. The molecule has 0 saturated heterocycles. The van der Waals surface area contributed by atoms with Gasteiger partial charge in [-0.2, -0.15) is 0 Å². The van der Waals surface area contributed by atoms with Crippen molar-refractivity contribution in [2.75, 3.05) is 10.5 Å². The molecule has 0 aliphatic carbocycles. The molecule has 11 heteroatoms. The number of sulfonamides is 1. The number of rotatable bonds is 4. The van der Waals surface area contributed by atoms with Crippen LogP contribution in [0.4, 0.5) is 16.5 Å². The van der Waals surface area contributed by atoms with Crippen LogP contribution in [0, 0.1) is 17.0 Å². The lowest BCUT2D eigenvalue weighted by atomic mass is 10.3. The second-order valence-electron chi connectivity index (χ2n) is 3.72. The topological polar surface area (TPSA) is 141 Å². The minimum atomic E-state index is -4.13. The molecule has 0 radical (unpaired) electrons. The lowest BCUT2D eigenvalue weighted by Gasteiger charge is -2.06. The number of aromatic nitrogens is 2. The average Bonchev–Trinajstić information content (AvgIpc) is 2.73. The summed E-state index contributed by atoms with van der Waals surface area (Å²) < 4.78 is 26.4. The zero-order valence-electron chi connectivity index (χ0n) is 10.1. The summed E-state index contributed by atoms with van der Waals surface area (Å²) in [4.78, 5) is 9.62. The van der Waals surface area contributed by atoms with Gasteiger partial charge >= 0.3 is 0 Å². The minimum Gasteiger partial charge on any atom is -0.399 e. The van der Waals surface area contributed by atoms with Gasteiger partial charge in [0.25, 0.3) is 15.7 Å². The zero-order chi connectivity index (χ0) is 14.9. The Kier molecular flexibility index (Phi) is 3.55. The summed E-state index contributed by atoms with van der Waals surface area (Å²) in [5.74, 6) is 0. The first-order chi connectivity index (χ1) is 9.29. The van der Waals surface area contributed by atoms with Gasteiger partial charge in [0, 0.05) is 11.8 Å². The Bertz CT molecular complexity index is 770. The highest BCUT2D eigenvalue weighted by Crippen LogP contribution is 2.28. The molecule has 2 aromatic rings. The largest absolute Gasteiger partial charge is 0.399 e. The van der Waals surface area contributed by atoms with E-state index in [9.17, 15) is 18.5 Å². The number of nitrogens with one attached hydrogen (secondary N) is 1. The predicted octanol–water partition coefficient (Wildman–Crippen LogP) is 1.14. The molecule has 1 heterocycles. The van der Waals surface area contributed by atoms with E-state index in [0.717, 1.165) is 23.5 Å². The summed E-state index contributed by atoms with van der Waals surface area (Å²) in [6.45, 7) is 1.65. The molecule has 2 rings (SSSR count).